The van der Waals surface area contributed by atoms with Gasteiger partial charge in [-0.1, -0.05) is 23.7 Å². The predicted octanol–water partition coefficient (Wildman–Crippen LogP) is 4.14. The summed E-state index contributed by atoms with van der Waals surface area (Å²) in [6.07, 6.45) is 1.92. The van der Waals surface area contributed by atoms with E-state index in [4.69, 9.17) is 16.4 Å². The molecule has 192 valence electrons. The second-order valence-corrected chi connectivity index (χ2v) is 9.30. The third kappa shape index (κ3) is 7.41. The highest BCUT2D eigenvalue weighted by molar-refractivity contribution is 6.31. The highest BCUT2D eigenvalue weighted by Crippen LogP contribution is 2.22. The van der Waals surface area contributed by atoms with Crippen molar-refractivity contribution in [3.05, 3.63) is 70.9 Å². The number of hydrogen-bond donors (Lipinski definition) is 2. The largest absolute Gasteiger partial charge is 0.390 e. The molecule has 0 radical (unpaired) electrons. The number of hydrogen-bond acceptors (Lipinski definition) is 6. The van der Waals surface area contributed by atoms with E-state index in [2.05, 4.69) is 10.4 Å². The first-order valence-corrected chi connectivity index (χ1v) is 11.5. The number of aromatic nitrogens is 1. The van der Waals surface area contributed by atoms with Crippen molar-refractivity contribution in [3.63, 3.8) is 0 Å². The number of nitrogens with zero attached hydrogens (tertiary/aromatic N) is 3. The SMILES string of the molecule is CC(=O)N(NCc1ccc(F)cc1Cl)[C@H](CON(C=O)c1cc2ccc(F)cc2cn1)CC(C)(C)O. The van der Waals surface area contributed by atoms with Crippen LogP contribution in [0.25, 0.3) is 10.8 Å². The van der Waals surface area contributed by atoms with Crippen LogP contribution in [-0.4, -0.2) is 45.7 Å². The Morgan fingerprint density at radius 2 is 1.89 bits per heavy atom. The number of hydrazine groups is 1. The van der Waals surface area contributed by atoms with E-state index in [9.17, 15) is 23.5 Å². The van der Waals surface area contributed by atoms with Crippen molar-refractivity contribution in [1.29, 1.82) is 0 Å². The number of aliphatic hydroxyl groups is 1. The lowest BCUT2D eigenvalue weighted by Gasteiger charge is -2.35. The van der Waals surface area contributed by atoms with Gasteiger partial charge < -0.3 is 5.11 Å². The van der Waals surface area contributed by atoms with Crippen LogP contribution in [0.4, 0.5) is 14.6 Å². The molecule has 11 heteroatoms. The molecule has 2 aromatic carbocycles. The third-order valence-electron chi connectivity index (χ3n) is 5.29. The van der Waals surface area contributed by atoms with Crippen molar-refractivity contribution in [2.75, 3.05) is 11.7 Å². The van der Waals surface area contributed by atoms with Gasteiger partial charge in [-0.2, -0.15) is 5.06 Å². The van der Waals surface area contributed by atoms with Crippen LogP contribution < -0.4 is 10.5 Å². The number of carbonyl (C=O) groups is 2. The number of benzene rings is 2. The van der Waals surface area contributed by atoms with Crippen LogP contribution in [0.2, 0.25) is 5.02 Å². The second kappa shape index (κ2) is 11.7. The summed E-state index contributed by atoms with van der Waals surface area (Å²) in [6.45, 7) is 4.41. The maximum atomic E-state index is 13.5. The zero-order valence-corrected chi connectivity index (χ0v) is 20.8. The summed E-state index contributed by atoms with van der Waals surface area (Å²) in [4.78, 5) is 34.1. The number of amides is 2. The van der Waals surface area contributed by atoms with Gasteiger partial charge in [0.05, 0.1) is 18.2 Å². The lowest BCUT2D eigenvalue weighted by molar-refractivity contribution is -0.139. The van der Waals surface area contributed by atoms with E-state index in [0.29, 0.717) is 22.7 Å². The number of halogens is 3. The number of hydroxylamine groups is 1. The zero-order chi connectivity index (χ0) is 26.5. The lowest BCUT2D eigenvalue weighted by atomic mass is 9.99. The summed E-state index contributed by atoms with van der Waals surface area (Å²) >= 11 is 6.10. The minimum absolute atomic E-state index is 0.0911. The monoisotopic (exact) mass is 520 g/mol. The molecule has 3 rings (SSSR count). The predicted molar refractivity (Wildman–Crippen MR) is 132 cm³/mol. The van der Waals surface area contributed by atoms with Gasteiger partial charge in [0.15, 0.2) is 5.82 Å². The van der Waals surface area contributed by atoms with Crippen molar-refractivity contribution in [2.45, 2.75) is 45.4 Å². The molecular weight excluding hydrogens is 494 g/mol. The molecule has 2 N–H and O–H groups in total. The Hall–Kier alpha value is -3.18. The molecular formula is C25H27ClF2N4O4. The van der Waals surface area contributed by atoms with E-state index < -0.39 is 23.3 Å². The van der Waals surface area contributed by atoms with Crippen molar-refractivity contribution in [2.24, 2.45) is 0 Å². The average molecular weight is 521 g/mol. The van der Waals surface area contributed by atoms with Gasteiger partial charge in [0.2, 0.25) is 12.3 Å². The summed E-state index contributed by atoms with van der Waals surface area (Å²) in [5, 5.41) is 14.0. The van der Waals surface area contributed by atoms with Crippen LogP contribution in [0, 0.1) is 11.6 Å². The molecule has 0 bridgehead atoms. The quantitative estimate of drug-likeness (QED) is 0.291. The van der Waals surface area contributed by atoms with E-state index in [1.165, 1.54) is 48.5 Å². The second-order valence-electron chi connectivity index (χ2n) is 8.89. The number of anilines is 1. The molecule has 36 heavy (non-hydrogen) atoms. The summed E-state index contributed by atoms with van der Waals surface area (Å²) in [5.74, 6) is -1.11. The van der Waals surface area contributed by atoms with Crippen LogP contribution in [0.3, 0.4) is 0 Å². The van der Waals surface area contributed by atoms with E-state index >= 15 is 0 Å². The molecule has 0 fully saturated rings. The van der Waals surface area contributed by atoms with Crippen molar-refractivity contribution < 1.29 is 28.3 Å². The van der Waals surface area contributed by atoms with Crippen molar-refractivity contribution >= 4 is 40.5 Å². The zero-order valence-electron chi connectivity index (χ0n) is 20.0. The fraction of sp³-hybridized carbons (Fsp3) is 0.320. The molecule has 0 saturated carbocycles. The minimum atomic E-state index is -1.19. The first-order valence-electron chi connectivity index (χ1n) is 11.1. The molecule has 3 aromatic rings. The summed E-state index contributed by atoms with van der Waals surface area (Å²) in [6, 6.07) is 8.92. The molecule has 1 atom stereocenters. The molecule has 1 aromatic heterocycles. The maximum absolute atomic E-state index is 13.5. The van der Waals surface area contributed by atoms with Crippen LogP contribution in [-0.2, 0) is 21.0 Å². The number of rotatable bonds is 11. The van der Waals surface area contributed by atoms with Gasteiger partial charge in [-0.3, -0.25) is 19.4 Å². The minimum Gasteiger partial charge on any atom is -0.390 e. The Morgan fingerprint density at radius 1 is 1.19 bits per heavy atom. The fourth-order valence-corrected chi connectivity index (χ4v) is 3.91. The van der Waals surface area contributed by atoms with E-state index in [0.717, 1.165) is 5.06 Å². The number of fused-ring (bicyclic) bond motifs is 1. The van der Waals surface area contributed by atoms with Crippen molar-refractivity contribution in [3.8, 4) is 0 Å². The number of carbonyl (C=O) groups excluding carboxylic acids is 2. The van der Waals surface area contributed by atoms with Gasteiger partial charge in [-0.15, -0.1) is 0 Å². The topological polar surface area (TPSA) is 95.0 Å². The first kappa shape index (κ1) is 27.4. The molecule has 2 amide bonds. The molecule has 0 spiro atoms. The third-order valence-corrected chi connectivity index (χ3v) is 5.64. The molecule has 1 heterocycles. The normalized spacial score (nSPS) is 12.4. The van der Waals surface area contributed by atoms with Crippen molar-refractivity contribution in [1.82, 2.24) is 15.4 Å². The summed E-state index contributed by atoms with van der Waals surface area (Å²) in [5.41, 5.74) is 2.33. The Morgan fingerprint density at radius 3 is 2.53 bits per heavy atom. The van der Waals surface area contributed by atoms with Crippen LogP contribution in [0.5, 0.6) is 0 Å². The highest BCUT2D eigenvalue weighted by Gasteiger charge is 2.29. The maximum Gasteiger partial charge on any atom is 0.239 e. The standard InChI is InChI=1S/C25H27ClF2N4O4/c1-16(34)32(30-13-18-5-7-21(28)10-23(18)26)22(11-25(2,3)35)14-36-31(15-33)24-9-17-4-6-20(27)8-19(17)12-29-24/h4-10,12,15,22,30,35H,11,13-14H2,1-3H3/t22-/m0/s1. The van der Waals surface area contributed by atoms with Crippen LogP contribution in [0.1, 0.15) is 32.8 Å². The molecule has 0 aliphatic heterocycles. The molecule has 0 saturated heterocycles. The molecule has 0 aliphatic rings. The average Bonchev–Trinajstić information content (AvgIpc) is 2.79. The van der Waals surface area contributed by atoms with Gasteiger partial charge >= 0.3 is 0 Å². The molecule has 0 aliphatic carbocycles. The molecule has 0 unspecified atom stereocenters. The van der Waals surface area contributed by atoms with Crippen LogP contribution >= 0.6 is 11.6 Å². The van der Waals surface area contributed by atoms with E-state index in [1.54, 1.807) is 26.0 Å². The Labute approximate surface area is 212 Å². The molecule has 8 nitrogen and oxygen atoms in total. The van der Waals surface area contributed by atoms with Gasteiger partial charge in [0.25, 0.3) is 0 Å². The van der Waals surface area contributed by atoms with Gasteiger partial charge in [-0.25, -0.2) is 19.2 Å². The van der Waals surface area contributed by atoms with E-state index in [1.807, 2.05) is 0 Å². The summed E-state index contributed by atoms with van der Waals surface area (Å²) in [7, 11) is 0. The van der Waals surface area contributed by atoms with E-state index in [-0.39, 0.29) is 36.3 Å². The van der Waals surface area contributed by atoms with Gasteiger partial charge in [0, 0.05) is 30.1 Å². The Balaban J connectivity index is 1.79. The highest BCUT2D eigenvalue weighted by atomic mass is 35.5. The fourth-order valence-electron chi connectivity index (χ4n) is 3.67. The van der Waals surface area contributed by atoms with Crippen LogP contribution in [0.15, 0.2) is 48.7 Å². The first-order chi connectivity index (χ1) is 17.0. The Bertz CT molecular complexity index is 1240. The van der Waals surface area contributed by atoms with Gasteiger partial charge in [-0.05, 0) is 61.5 Å². The number of pyridine rings is 1. The smallest absolute Gasteiger partial charge is 0.239 e. The number of nitrogens with one attached hydrogen (secondary N) is 1. The Kier molecular flexibility index (Phi) is 8.91. The summed E-state index contributed by atoms with van der Waals surface area (Å²) < 4.78 is 26.8. The van der Waals surface area contributed by atoms with Gasteiger partial charge in [0.1, 0.15) is 11.6 Å². The lowest BCUT2D eigenvalue weighted by Crippen LogP contribution is -2.53.